The predicted octanol–water partition coefficient (Wildman–Crippen LogP) is 4.41. The fraction of sp³-hybridized carbons (Fsp3) is 0.818. The zero-order valence-corrected chi connectivity index (χ0v) is 26.5. The molecule has 4 fully saturated rings. The van der Waals surface area contributed by atoms with E-state index in [1.807, 2.05) is 0 Å². The van der Waals surface area contributed by atoms with E-state index in [-0.39, 0.29) is 46.8 Å². The van der Waals surface area contributed by atoms with Crippen LogP contribution in [0.5, 0.6) is 0 Å². The number of aliphatic hydroxyl groups excluding tert-OH is 1. The topological polar surface area (TPSA) is 131 Å². The zero-order chi connectivity index (χ0) is 31.0. The summed E-state index contributed by atoms with van der Waals surface area (Å²) in [6.07, 6.45) is 10.7. The molecule has 4 saturated carbocycles. The second-order valence-electron chi connectivity index (χ2n) is 14.7. The number of ether oxygens (including phenoxy) is 2. The van der Waals surface area contributed by atoms with Crippen molar-refractivity contribution in [1.29, 1.82) is 0 Å². The Balaban J connectivity index is 1.66. The molecule has 9 nitrogen and oxygen atoms in total. The van der Waals surface area contributed by atoms with Gasteiger partial charge >= 0.3 is 12.1 Å². The minimum absolute atomic E-state index is 0.0494. The van der Waals surface area contributed by atoms with E-state index in [2.05, 4.69) is 44.2 Å². The van der Waals surface area contributed by atoms with Crippen molar-refractivity contribution in [1.82, 2.24) is 10.6 Å². The summed E-state index contributed by atoms with van der Waals surface area (Å²) < 4.78 is 10.2. The van der Waals surface area contributed by atoms with Gasteiger partial charge in [-0.1, -0.05) is 20.8 Å². The van der Waals surface area contributed by atoms with Gasteiger partial charge < -0.3 is 25.2 Å². The minimum Gasteiger partial charge on any atom is -0.469 e. The largest absolute Gasteiger partial charge is 0.469 e. The first-order chi connectivity index (χ1) is 19.7. The summed E-state index contributed by atoms with van der Waals surface area (Å²) in [6.45, 7) is 11.1. The fourth-order valence-electron chi connectivity index (χ4n) is 9.20. The molecule has 42 heavy (non-hydrogen) atoms. The van der Waals surface area contributed by atoms with Crippen molar-refractivity contribution in [3.05, 3.63) is 12.8 Å². The smallest absolute Gasteiger partial charge is 0.408 e. The summed E-state index contributed by atoms with van der Waals surface area (Å²) in [6, 6.07) is -1.99. The number of alkyl carbamates (subject to hydrolysis) is 1. The summed E-state index contributed by atoms with van der Waals surface area (Å²) in [5.41, 5.74) is -1.55. The van der Waals surface area contributed by atoms with Gasteiger partial charge in [-0.2, -0.15) is 0 Å². The van der Waals surface area contributed by atoms with Crippen LogP contribution >= 0.6 is 0 Å². The number of hydrogen-bond donors (Lipinski definition) is 3. The average molecular weight is 589 g/mol. The molecule has 9 heteroatoms. The van der Waals surface area contributed by atoms with Gasteiger partial charge in [-0.15, -0.1) is 0 Å². The molecule has 0 aliphatic heterocycles. The van der Waals surface area contributed by atoms with Crippen LogP contribution in [-0.4, -0.2) is 60.3 Å². The maximum Gasteiger partial charge on any atom is 0.408 e. The lowest BCUT2D eigenvalue weighted by Crippen LogP contribution is -2.68. The highest BCUT2D eigenvalue weighted by atomic mass is 16.6. The Morgan fingerprint density at radius 1 is 1.17 bits per heavy atom. The number of carbonyl (C=O) groups excluding carboxylic acids is 4. The Bertz CT molecular complexity index is 1040. The van der Waals surface area contributed by atoms with Crippen molar-refractivity contribution in [2.24, 2.45) is 46.3 Å². The van der Waals surface area contributed by atoms with Crippen LogP contribution in [0.3, 0.4) is 0 Å². The summed E-state index contributed by atoms with van der Waals surface area (Å²) in [5.74, 6) is 0.115. The van der Waals surface area contributed by atoms with Crippen LogP contribution in [-0.2, 0) is 23.9 Å². The molecule has 236 valence electrons. The lowest BCUT2D eigenvalue weighted by molar-refractivity contribution is -0.160. The van der Waals surface area contributed by atoms with Crippen LogP contribution in [0.25, 0.3) is 0 Å². The molecule has 3 N–H and O–H groups in total. The van der Waals surface area contributed by atoms with Crippen LogP contribution in [0.2, 0.25) is 0 Å². The first kappa shape index (κ1) is 32.7. The molecule has 0 heterocycles. The lowest BCUT2D eigenvalue weighted by Gasteiger charge is -2.62. The van der Waals surface area contributed by atoms with Crippen LogP contribution in [0.1, 0.15) is 92.9 Å². The standard InChI is InChI=1S/C33H52N2O7/c1-19(11-16-25(37)41-7)22-14-15-23-21-13-12-20-10-8-9-17-32(20,5)26(21)27(28(38)33(22,23)6)35-29(39)24(18-36)34-30(40)42-31(2,3)4/h8,13,19-24,26-27,36H,9-12,14-18H2,1-7H3,(H,34,40)(H,35,39)/t19-,20+,21?,22?,23?,24?,26?,27+,32+,33-/m1/s1. The van der Waals surface area contributed by atoms with E-state index in [1.165, 1.54) is 7.11 Å². The number of methoxy groups -OCH3 is 1. The number of rotatable bonds is 8. The molecule has 10 atom stereocenters. The number of Topliss-reactive ketones (excluding diaryl/α,β-unsaturated/α-hetero) is 1. The third kappa shape index (κ3) is 6.09. The van der Waals surface area contributed by atoms with Crippen LogP contribution < -0.4 is 10.6 Å². The van der Waals surface area contributed by atoms with Gasteiger partial charge in [0, 0.05) is 11.8 Å². The molecule has 0 bridgehead atoms. The molecule has 2 amide bonds. The van der Waals surface area contributed by atoms with Gasteiger partial charge in [-0.3, -0.25) is 14.4 Å². The first-order valence-corrected chi connectivity index (χ1v) is 15.8. The Labute approximate surface area is 251 Å². The van der Waals surface area contributed by atoms with E-state index >= 15 is 0 Å². The third-order valence-electron chi connectivity index (χ3n) is 11.3. The number of aliphatic hydroxyl groups is 1. The van der Waals surface area contributed by atoms with E-state index in [0.29, 0.717) is 18.8 Å². The number of amides is 2. The molecule has 0 spiro atoms. The molecule has 0 aromatic rings. The van der Waals surface area contributed by atoms with Gasteiger partial charge in [0.2, 0.25) is 5.91 Å². The quantitative estimate of drug-likeness (QED) is 0.358. The maximum absolute atomic E-state index is 14.9. The molecule has 2 radical (unpaired) electrons. The van der Waals surface area contributed by atoms with E-state index < -0.39 is 41.7 Å². The van der Waals surface area contributed by atoms with Crippen LogP contribution in [0, 0.1) is 59.2 Å². The summed E-state index contributed by atoms with van der Waals surface area (Å²) in [7, 11) is 1.39. The molecule has 4 rings (SSSR count). The second kappa shape index (κ2) is 12.4. The number of ketones is 1. The van der Waals surface area contributed by atoms with E-state index in [1.54, 1.807) is 20.8 Å². The highest BCUT2D eigenvalue weighted by Crippen LogP contribution is 2.67. The van der Waals surface area contributed by atoms with Gasteiger partial charge in [0.25, 0.3) is 0 Å². The van der Waals surface area contributed by atoms with Crippen LogP contribution in [0.15, 0.2) is 0 Å². The molecule has 0 saturated heterocycles. The molecule has 4 aliphatic rings. The second-order valence-corrected chi connectivity index (χ2v) is 14.7. The van der Waals surface area contributed by atoms with Crippen molar-refractivity contribution in [3.63, 3.8) is 0 Å². The molecular formula is C33H52N2O7. The van der Waals surface area contributed by atoms with E-state index in [9.17, 15) is 24.3 Å². The molecule has 0 aromatic heterocycles. The van der Waals surface area contributed by atoms with Gasteiger partial charge in [-0.05, 0) is 119 Å². The number of esters is 1. The number of carbonyl (C=O) groups is 4. The SMILES string of the molecule is COC(=O)CC[C@@H](C)C1CCC2C3[CH]C[C@@H]4C[CH]CC[C@]4(C)C3[C@H](NC(=O)C(CO)NC(=O)OC(C)(C)C)C(=O)[C@@]21C. The fourth-order valence-corrected chi connectivity index (χ4v) is 9.20. The third-order valence-corrected chi connectivity index (χ3v) is 11.3. The minimum atomic E-state index is -1.24. The van der Waals surface area contributed by atoms with Gasteiger partial charge in [0.15, 0.2) is 5.78 Å². The highest BCUT2D eigenvalue weighted by Gasteiger charge is 2.67. The van der Waals surface area contributed by atoms with Gasteiger partial charge in [0.05, 0.1) is 19.8 Å². The van der Waals surface area contributed by atoms with Crippen molar-refractivity contribution in [3.8, 4) is 0 Å². The van der Waals surface area contributed by atoms with Crippen molar-refractivity contribution < 1.29 is 33.8 Å². The normalized spacial score (nSPS) is 37.4. The molecular weight excluding hydrogens is 536 g/mol. The summed E-state index contributed by atoms with van der Waals surface area (Å²) in [5, 5.41) is 15.7. The molecule has 5 unspecified atom stereocenters. The highest BCUT2D eigenvalue weighted by molar-refractivity contribution is 5.96. The summed E-state index contributed by atoms with van der Waals surface area (Å²) >= 11 is 0. The Kier molecular flexibility index (Phi) is 9.71. The zero-order valence-electron chi connectivity index (χ0n) is 26.5. The molecule has 0 aromatic carbocycles. The lowest BCUT2D eigenvalue weighted by atomic mass is 9.43. The number of nitrogens with one attached hydrogen (secondary N) is 2. The van der Waals surface area contributed by atoms with Gasteiger partial charge in [0.1, 0.15) is 11.6 Å². The van der Waals surface area contributed by atoms with Gasteiger partial charge in [-0.25, -0.2) is 4.79 Å². The maximum atomic E-state index is 14.9. The summed E-state index contributed by atoms with van der Waals surface area (Å²) in [4.78, 5) is 53.0. The molecule has 4 aliphatic carbocycles. The first-order valence-electron chi connectivity index (χ1n) is 15.8. The predicted molar refractivity (Wildman–Crippen MR) is 158 cm³/mol. The Hall–Kier alpha value is -2.16. The van der Waals surface area contributed by atoms with Crippen molar-refractivity contribution in [2.75, 3.05) is 13.7 Å². The van der Waals surface area contributed by atoms with Crippen molar-refractivity contribution in [2.45, 2.75) is 111 Å². The van der Waals surface area contributed by atoms with Crippen molar-refractivity contribution >= 4 is 23.8 Å². The number of hydrogen-bond acceptors (Lipinski definition) is 7. The Morgan fingerprint density at radius 2 is 1.88 bits per heavy atom. The van der Waals surface area contributed by atoms with E-state index in [4.69, 9.17) is 9.47 Å². The van der Waals surface area contributed by atoms with E-state index in [0.717, 1.165) is 38.5 Å². The number of fused-ring (bicyclic) bond motifs is 5. The monoisotopic (exact) mass is 588 g/mol. The van der Waals surface area contributed by atoms with Crippen LogP contribution in [0.4, 0.5) is 4.79 Å². The Morgan fingerprint density at radius 3 is 2.52 bits per heavy atom. The average Bonchev–Trinajstić information content (AvgIpc) is 3.29.